The van der Waals surface area contributed by atoms with Crippen molar-refractivity contribution in [1.82, 2.24) is 0 Å². The van der Waals surface area contributed by atoms with Crippen LogP contribution in [0, 0.1) is 10.5 Å². The Labute approximate surface area is 150 Å². The number of rotatable bonds is 6. The van der Waals surface area contributed by atoms with Gasteiger partial charge >= 0.3 is 0 Å². The van der Waals surface area contributed by atoms with Crippen LogP contribution < -0.4 is 14.8 Å². The summed E-state index contributed by atoms with van der Waals surface area (Å²) >= 11 is 8.41. The van der Waals surface area contributed by atoms with E-state index in [1.54, 1.807) is 7.11 Å². The maximum Gasteiger partial charge on any atom is 0.174 e. The van der Waals surface area contributed by atoms with Gasteiger partial charge in [0.2, 0.25) is 0 Å². The van der Waals surface area contributed by atoms with Crippen molar-refractivity contribution in [2.75, 3.05) is 19.0 Å². The molecule has 1 N–H and O–H groups in total. The fraction of sp³-hybridized carbons (Fsp3) is 0.294. The van der Waals surface area contributed by atoms with E-state index in [0.29, 0.717) is 13.2 Å². The van der Waals surface area contributed by atoms with E-state index in [9.17, 15) is 0 Å². The summed E-state index contributed by atoms with van der Waals surface area (Å²) in [5.74, 6) is 1.56. The second-order valence-electron chi connectivity index (χ2n) is 4.86. The summed E-state index contributed by atoms with van der Waals surface area (Å²) < 4.78 is 12.1. The lowest BCUT2D eigenvalue weighted by Crippen LogP contribution is -2.03. The fourth-order valence-electron chi connectivity index (χ4n) is 2.09. The van der Waals surface area contributed by atoms with Crippen LogP contribution >= 0.6 is 34.2 Å². The normalized spacial score (nSPS) is 10.4. The molecule has 0 fully saturated rings. The van der Waals surface area contributed by atoms with Gasteiger partial charge < -0.3 is 14.8 Å². The molecular weight excluding hydrogens is 413 g/mol. The number of methoxy groups -OCH3 is 1. The molecule has 0 aliphatic carbocycles. The molecular formula is C17H19ClINO2. The van der Waals surface area contributed by atoms with Crippen molar-refractivity contribution in [3.63, 3.8) is 0 Å². The molecule has 0 saturated carbocycles. The summed E-state index contributed by atoms with van der Waals surface area (Å²) in [7, 11) is 1.66. The van der Waals surface area contributed by atoms with Crippen LogP contribution in [0.4, 0.5) is 5.69 Å². The van der Waals surface area contributed by atoms with Crippen LogP contribution in [-0.4, -0.2) is 13.7 Å². The Morgan fingerprint density at radius 1 is 1.23 bits per heavy atom. The van der Waals surface area contributed by atoms with E-state index in [1.165, 1.54) is 0 Å². The van der Waals surface area contributed by atoms with Crippen LogP contribution in [0.1, 0.15) is 18.1 Å². The number of ether oxygens (including phenoxy) is 2. The fourth-order valence-corrected chi connectivity index (χ4v) is 3.16. The molecule has 118 valence electrons. The van der Waals surface area contributed by atoms with Crippen molar-refractivity contribution in [1.29, 1.82) is 0 Å². The van der Waals surface area contributed by atoms with Crippen molar-refractivity contribution in [2.24, 2.45) is 0 Å². The third kappa shape index (κ3) is 4.20. The van der Waals surface area contributed by atoms with Crippen molar-refractivity contribution in [3.8, 4) is 11.5 Å². The molecule has 2 rings (SSSR count). The van der Waals surface area contributed by atoms with Crippen molar-refractivity contribution < 1.29 is 9.47 Å². The minimum Gasteiger partial charge on any atom is -0.492 e. The van der Waals surface area contributed by atoms with Crippen molar-refractivity contribution in [2.45, 2.75) is 20.4 Å². The van der Waals surface area contributed by atoms with Crippen LogP contribution in [0.2, 0.25) is 5.02 Å². The molecule has 3 nitrogen and oxygen atoms in total. The Morgan fingerprint density at radius 3 is 2.64 bits per heavy atom. The molecule has 0 aliphatic heterocycles. The average Bonchev–Trinajstić information content (AvgIpc) is 2.49. The molecule has 22 heavy (non-hydrogen) atoms. The van der Waals surface area contributed by atoms with Crippen LogP contribution in [-0.2, 0) is 6.54 Å². The SMILES string of the molecule is CCOc1cc(CNc2ccc(C)c(Cl)c2)cc(I)c1OC. The van der Waals surface area contributed by atoms with Crippen LogP contribution in [0.25, 0.3) is 0 Å². The van der Waals surface area contributed by atoms with Gasteiger partial charge in [-0.2, -0.15) is 0 Å². The van der Waals surface area contributed by atoms with Gasteiger partial charge in [-0.1, -0.05) is 17.7 Å². The Bertz CT molecular complexity index is 661. The summed E-state index contributed by atoms with van der Waals surface area (Å²) in [6.45, 7) is 5.26. The summed E-state index contributed by atoms with van der Waals surface area (Å²) in [6, 6.07) is 10.1. The summed E-state index contributed by atoms with van der Waals surface area (Å²) in [4.78, 5) is 0. The maximum absolute atomic E-state index is 6.15. The highest BCUT2D eigenvalue weighted by Gasteiger charge is 2.11. The molecule has 2 aromatic rings. The number of anilines is 1. The molecule has 0 heterocycles. The van der Waals surface area contributed by atoms with Crippen LogP contribution in [0.5, 0.6) is 11.5 Å². The van der Waals surface area contributed by atoms with Crippen LogP contribution in [0.15, 0.2) is 30.3 Å². The highest BCUT2D eigenvalue weighted by Crippen LogP contribution is 2.34. The smallest absolute Gasteiger partial charge is 0.174 e. The second kappa shape index (κ2) is 7.92. The molecule has 0 radical (unpaired) electrons. The molecule has 0 aromatic heterocycles. The molecule has 5 heteroatoms. The number of hydrogen-bond donors (Lipinski definition) is 1. The molecule has 0 spiro atoms. The van der Waals surface area contributed by atoms with E-state index in [0.717, 1.165) is 36.9 Å². The second-order valence-corrected chi connectivity index (χ2v) is 6.43. The first-order chi connectivity index (χ1) is 10.5. The lowest BCUT2D eigenvalue weighted by molar-refractivity contribution is 0.309. The highest BCUT2D eigenvalue weighted by atomic mass is 127. The first-order valence-corrected chi connectivity index (χ1v) is 8.50. The minimum absolute atomic E-state index is 0.608. The predicted molar refractivity (Wildman–Crippen MR) is 100 cm³/mol. The summed E-state index contributed by atoms with van der Waals surface area (Å²) in [5.41, 5.74) is 3.20. The number of nitrogens with one attached hydrogen (secondary N) is 1. The molecule has 0 amide bonds. The summed E-state index contributed by atoms with van der Waals surface area (Å²) in [6.07, 6.45) is 0. The largest absolute Gasteiger partial charge is 0.492 e. The van der Waals surface area contributed by atoms with E-state index in [1.807, 2.05) is 38.1 Å². The predicted octanol–water partition coefficient (Wildman–Crippen LogP) is 5.27. The van der Waals surface area contributed by atoms with Crippen LogP contribution in [0.3, 0.4) is 0 Å². The zero-order valence-corrected chi connectivity index (χ0v) is 15.8. The lowest BCUT2D eigenvalue weighted by Gasteiger charge is -2.14. The highest BCUT2D eigenvalue weighted by molar-refractivity contribution is 14.1. The Hall–Kier alpha value is -1.14. The first kappa shape index (κ1) is 17.2. The van der Waals surface area contributed by atoms with E-state index < -0.39 is 0 Å². The van der Waals surface area contributed by atoms with E-state index in [-0.39, 0.29) is 0 Å². The quantitative estimate of drug-likeness (QED) is 0.632. The molecule has 2 aromatic carbocycles. The van der Waals surface area contributed by atoms with E-state index in [4.69, 9.17) is 21.1 Å². The Balaban J connectivity index is 2.17. The topological polar surface area (TPSA) is 30.5 Å². The number of benzene rings is 2. The molecule has 0 atom stereocenters. The number of halogens is 2. The van der Waals surface area contributed by atoms with Crippen molar-refractivity contribution >= 4 is 39.9 Å². The minimum atomic E-state index is 0.608. The summed E-state index contributed by atoms with van der Waals surface area (Å²) in [5, 5.41) is 4.15. The van der Waals surface area contributed by atoms with Gasteiger partial charge in [0, 0.05) is 17.3 Å². The zero-order valence-electron chi connectivity index (χ0n) is 12.9. The molecule has 0 bridgehead atoms. The Morgan fingerprint density at radius 2 is 2.00 bits per heavy atom. The first-order valence-electron chi connectivity index (χ1n) is 7.04. The average molecular weight is 432 g/mol. The van der Waals surface area contributed by atoms with Gasteiger partial charge in [0.05, 0.1) is 17.3 Å². The van der Waals surface area contributed by atoms with E-state index in [2.05, 4.69) is 34.0 Å². The zero-order chi connectivity index (χ0) is 16.1. The van der Waals surface area contributed by atoms with Gasteiger partial charge in [0.25, 0.3) is 0 Å². The third-order valence-corrected chi connectivity index (χ3v) is 4.45. The van der Waals surface area contributed by atoms with Gasteiger partial charge in [0.15, 0.2) is 11.5 Å². The Kier molecular flexibility index (Phi) is 6.20. The standard InChI is InChI=1S/C17H19ClINO2/c1-4-22-16-8-12(7-15(19)17(16)21-3)10-20-13-6-5-11(2)14(18)9-13/h5-9,20H,4,10H2,1-3H3. The number of aryl methyl sites for hydroxylation is 1. The van der Waals surface area contributed by atoms with Gasteiger partial charge in [0.1, 0.15) is 0 Å². The molecule has 0 unspecified atom stereocenters. The monoisotopic (exact) mass is 431 g/mol. The maximum atomic E-state index is 6.15. The van der Waals surface area contributed by atoms with Gasteiger partial charge in [-0.25, -0.2) is 0 Å². The van der Waals surface area contributed by atoms with Gasteiger partial charge in [-0.3, -0.25) is 0 Å². The number of hydrogen-bond acceptors (Lipinski definition) is 3. The van der Waals surface area contributed by atoms with Crippen molar-refractivity contribution in [3.05, 3.63) is 50.1 Å². The third-order valence-electron chi connectivity index (χ3n) is 3.24. The lowest BCUT2D eigenvalue weighted by atomic mass is 10.2. The van der Waals surface area contributed by atoms with E-state index >= 15 is 0 Å². The van der Waals surface area contributed by atoms with Gasteiger partial charge in [-0.15, -0.1) is 0 Å². The molecule has 0 saturated heterocycles. The van der Waals surface area contributed by atoms with Gasteiger partial charge in [-0.05, 0) is 71.8 Å². The molecule has 0 aliphatic rings.